The summed E-state index contributed by atoms with van der Waals surface area (Å²) >= 11 is 5.85. The van der Waals surface area contributed by atoms with E-state index in [4.69, 9.17) is 17.0 Å². The number of hydrogen-bond donors (Lipinski definition) is 2. The van der Waals surface area contributed by atoms with Crippen LogP contribution in [0, 0.1) is 0 Å². The summed E-state index contributed by atoms with van der Waals surface area (Å²) in [6.07, 6.45) is 11.0. The number of nitrogens with zero attached hydrogens (tertiary/aromatic N) is 1. The van der Waals surface area contributed by atoms with E-state index in [0.717, 1.165) is 40.2 Å². The van der Waals surface area contributed by atoms with E-state index in [2.05, 4.69) is 15.2 Å². The monoisotopic (exact) mass is 413 g/mol. The van der Waals surface area contributed by atoms with Gasteiger partial charge in [0.2, 0.25) is 0 Å². The van der Waals surface area contributed by atoms with Crippen molar-refractivity contribution >= 4 is 28.2 Å². The van der Waals surface area contributed by atoms with Gasteiger partial charge in [0.25, 0.3) is 5.56 Å². The second-order valence-electron chi connectivity index (χ2n) is 8.43. The van der Waals surface area contributed by atoms with E-state index in [0.29, 0.717) is 18.6 Å². The van der Waals surface area contributed by atoms with Crippen molar-refractivity contribution in [2.75, 3.05) is 7.11 Å². The van der Waals surface area contributed by atoms with Crippen LogP contribution in [0.5, 0.6) is 5.75 Å². The van der Waals surface area contributed by atoms with Crippen molar-refractivity contribution in [3.63, 3.8) is 0 Å². The molecule has 2 aromatic rings. The first kappa shape index (κ1) is 20.2. The Morgan fingerprint density at radius 3 is 2.59 bits per heavy atom. The summed E-state index contributed by atoms with van der Waals surface area (Å²) in [6, 6.07) is 8.68. The number of hydrogen-bond acceptors (Lipinski definition) is 3. The second kappa shape index (κ2) is 9.16. The zero-order valence-corrected chi connectivity index (χ0v) is 18.0. The third-order valence-corrected chi connectivity index (χ3v) is 6.78. The lowest BCUT2D eigenvalue weighted by atomic mass is 9.96. The summed E-state index contributed by atoms with van der Waals surface area (Å²) in [5.74, 6) is 0.742. The molecule has 0 amide bonds. The Hall–Kier alpha value is -2.08. The highest BCUT2D eigenvalue weighted by Crippen LogP contribution is 2.26. The molecule has 0 aliphatic heterocycles. The number of H-pyrrole nitrogens is 1. The van der Waals surface area contributed by atoms with Crippen LogP contribution in [0.15, 0.2) is 29.1 Å². The van der Waals surface area contributed by atoms with Gasteiger partial charge in [-0.1, -0.05) is 32.1 Å². The van der Waals surface area contributed by atoms with Crippen LogP contribution in [0.3, 0.4) is 0 Å². The van der Waals surface area contributed by atoms with E-state index in [1.54, 1.807) is 7.11 Å². The summed E-state index contributed by atoms with van der Waals surface area (Å²) in [5.41, 5.74) is 1.52. The predicted molar refractivity (Wildman–Crippen MR) is 122 cm³/mol. The zero-order valence-electron chi connectivity index (χ0n) is 17.2. The van der Waals surface area contributed by atoms with Gasteiger partial charge in [0.15, 0.2) is 5.11 Å². The molecule has 5 nitrogen and oxygen atoms in total. The Morgan fingerprint density at radius 1 is 1.14 bits per heavy atom. The number of benzene rings is 1. The standard InChI is InChI=1S/C23H31N3O2S/c1-28-20-12-11-16-13-17(22(27)25-21(16)14-20)15-26(19-9-5-6-10-19)23(29)24-18-7-3-2-4-8-18/h11-14,18-19H,2-10,15H2,1H3,(H,24,29)(H,25,27). The summed E-state index contributed by atoms with van der Waals surface area (Å²) in [7, 11) is 1.63. The molecule has 0 saturated heterocycles. The van der Waals surface area contributed by atoms with Crippen LogP contribution in [0.2, 0.25) is 0 Å². The number of aromatic nitrogens is 1. The normalized spacial score (nSPS) is 18.1. The van der Waals surface area contributed by atoms with Crippen LogP contribution >= 0.6 is 12.2 Å². The molecule has 4 rings (SSSR count). The quantitative estimate of drug-likeness (QED) is 0.708. The van der Waals surface area contributed by atoms with Crippen LogP contribution in [-0.4, -0.2) is 34.2 Å². The number of pyridine rings is 1. The maximum Gasteiger partial charge on any atom is 0.253 e. The lowest BCUT2D eigenvalue weighted by Gasteiger charge is -2.34. The molecule has 0 bridgehead atoms. The van der Waals surface area contributed by atoms with Crippen molar-refractivity contribution in [1.82, 2.24) is 15.2 Å². The van der Waals surface area contributed by atoms with E-state index < -0.39 is 0 Å². The predicted octanol–water partition coefficient (Wildman–Crippen LogP) is 4.49. The number of ether oxygens (including phenoxy) is 1. The fourth-order valence-corrected chi connectivity index (χ4v) is 5.12. The third kappa shape index (κ3) is 4.74. The van der Waals surface area contributed by atoms with E-state index in [-0.39, 0.29) is 5.56 Å². The fraction of sp³-hybridized carbons (Fsp3) is 0.565. The Labute approximate surface area is 177 Å². The topological polar surface area (TPSA) is 57.4 Å². The van der Waals surface area contributed by atoms with Gasteiger partial charge in [-0.15, -0.1) is 0 Å². The Balaban J connectivity index is 1.57. The van der Waals surface area contributed by atoms with E-state index in [9.17, 15) is 4.79 Å². The Bertz CT molecular complexity index is 914. The van der Waals surface area contributed by atoms with E-state index in [1.165, 1.54) is 44.9 Å². The molecule has 156 valence electrons. The van der Waals surface area contributed by atoms with Crippen molar-refractivity contribution in [1.29, 1.82) is 0 Å². The van der Waals surface area contributed by atoms with Gasteiger partial charge >= 0.3 is 0 Å². The first-order valence-electron chi connectivity index (χ1n) is 10.9. The van der Waals surface area contributed by atoms with Crippen LogP contribution in [0.1, 0.15) is 63.4 Å². The maximum absolute atomic E-state index is 12.8. The number of thiocarbonyl (C=S) groups is 1. The minimum absolute atomic E-state index is 0.0470. The van der Waals surface area contributed by atoms with Crippen molar-refractivity contribution in [2.45, 2.75) is 76.4 Å². The average Bonchev–Trinajstić information content (AvgIpc) is 3.27. The Kier molecular flexibility index (Phi) is 6.38. The largest absolute Gasteiger partial charge is 0.497 e. The number of fused-ring (bicyclic) bond motifs is 1. The molecule has 2 saturated carbocycles. The van der Waals surface area contributed by atoms with Crippen LogP contribution in [-0.2, 0) is 6.54 Å². The van der Waals surface area contributed by atoms with Crippen molar-refractivity contribution in [3.8, 4) is 5.75 Å². The molecule has 29 heavy (non-hydrogen) atoms. The van der Waals surface area contributed by atoms with E-state index >= 15 is 0 Å². The summed E-state index contributed by atoms with van der Waals surface area (Å²) in [6.45, 7) is 0.556. The van der Waals surface area contributed by atoms with Gasteiger partial charge in [0, 0.05) is 23.7 Å². The van der Waals surface area contributed by atoms with Crippen molar-refractivity contribution < 1.29 is 4.74 Å². The summed E-state index contributed by atoms with van der Waals surface area (Å²) in [4.78, 5) is 18.1. The first-order chi connectivity index (χ1) is 14.1. The number of nitrogens with one attached hydrogen (secondary N) is 2. The molecule has 6 heteroatoms. The van der Waals surface area contributed by atoms with Gasteiger partial charge in [-0.05, 0) is 61.5 Å². The smallest absolute Gasteiger partial charge is 0.253 e. The molecular weight excluding hydrogens is 382 g/mol. The van der Waals surface area contributed by atoms with Gasteiger partial charge < -0.3 is 19.9 Å². The van der Waals surface area contributed by atoms with Gasteiger partial charge in [-0.2, -0.15) is 0 Å². The van der Waals surface area contributed by atoms with Crippen LogP contribution < -0.4 is 15.6 Å². The lowest BCUT2D eigenvalue weighted by Crippen LogP contribution is -2.49. The maximum atomic E-state index is 12.8. The highest BCUT2D eigenvalue weighted by Gasteiger charge is 2.27. The number of methoxy groups -OCH3 is 1. The summed E-state index contributed by atoms with van der Waals surface area (Å²) in [5, 5.41) is 5.45. The van der Waals surface area contributed by atoms with Crippen molar-refractivity contribution in [2.24, 2.45) is 0 Å². The highest BCUT2D eigenvalue weighted by atomic mass is 32.1. The molecule has 2 fully saturated rings. The zero-order chi connectivity index (χ0) is 20.2. The number of rotatable bonds is 5. The molecule has 1 aromatic heterocycles. The van der Waals surface area contributed by atoms with Crippen LogP contribution in [0.4, 0.5) is 0 Å². The van der Waals surface area contributed by atoms with Gasteiger partial charge in [0.1, 0.15) is 5.75 Å². The lowest BCUT2D eigenvalue weighted by molar-refractivity contribution is 0.292. The number of aromatic amines is 1. The molecule has 0 atom stereocenters. The van der Waals surface area contributed by atoms with Gasteiger partial charge in [-0.25, -0.2) is 0 Å². The molecule has 0 unspecified atom stereocenters. The minimum atomic E-state index is -0.0470. The van der Waals surface area contributed by atoms with Gasteiger partial charge in [-0.3, -0.25) is 4.79 Å². The average molecular weight is 414 g/mol. The fourth-order valence-electron chi connectivity index (χ4n) is 4.74. The molecular formula is C23H31N3O2S. The highest BCUT2D eigenvalue weighted by molar-refractivity contribution is 7.80. The third-order valence-electron chi connectivity index (χ3n) is 6.43. The molecule has 0 radical (unpaired) electrons. The SMILES string of the molecule is COc1ccc2cc(CN(C(=S)NC3CCCCC3)C3CCCC3)c(=O)[nH]c2c1. The molecule has 1 aromatic carbocycles. The summed E-state index contributed by atoms with van der Waals surface area (Å²) < 4.78 is 5.27. The molecule has 2 aliphatic rings. The Morgan fingerprint density at radius 2 is 1.86 bits per heavy atom. The molecule has 1 heterocycles. The van der Waals surface area contributed by atoms with Crippen molar-refractivity contribution in [3.05, 3.63) is 40.2 Å². The van der Waals surface area contributed by atoms with E-state index in [1.807, 2.05) is 24.3 Å². The molecule has 0 spiro atoms. The minimum Gasteiger partial charge on any atom is -0.497 e. The molecule has 2 aliphatic carbocycles. The van der Waals surface area contributed by atoms with Gasteiger partial charge in [0.05, 0.1) is 19.2 Å². The van der Waals surface area contributed by atoms with Crippen LogP contribution in [0.25, 0.3) is 10.9 Å². The second-order valence-corrected chi connectivity index (χ2v) is 8.81. The molecule has 2 N–H and O–H groups in total. The first-order valence-corrected chi connectivity index (χ1v) is 11.3.